The molecular formula is C11H15ClFNO. The average Bonchev–Trinajstić information content (AvgIpc) is 2.19. The van der Waals surface area contributed by atoms with Crippen molar-refractivity contribution in [2.24, 2.45) is 0 Å². The molecule has 0 bridgehead atoms. The first-order valence-corrected chi connectivity index (χ1v) is 4.90. The van der Waals surface area contributed by atoms with Crippen LogP contribution in [0.5, 0.6) is 0 Å². The molecule has 0 aliphatic carbocycles. The summed E-state index contributed by atoms with van der Waals surface area (Å²) in [6.07, 6.45) is 1.39. The van der Waals surface area contributed by atoms with Crippen molar-refractivity contribution < 1.29 is 9.50 Å². The molecule has 0 saturated carbocycles. The fourth-order valence-electron chi connectivity index (χ4n) is 1.89. The summed E-state index contributed by atoms with van der Waals surface area (Å²) in [7, 11) is 0. The van der Waals surface area contributed by atoms with Gasteiger partial charge >= 0.3 is 0 Å². The second-order valence-corrected chi connectivity index (χ2v) is 3.79. The summed E-state index contributed by atoms with van der Waals surface area (Å²) < 4.78 is 12.7. The highest BCUT2D eigenvalue weighted by Gasteiger charge is 2.30. The van der Waals surface area contributed by atoms with E-state index in [-0.39, 0.29) is 18.2 Å². The van der Waals surface area contributed by atoms with Gasteiger partial charge in [0.25, 0.3) is 0 Å². The third-order valence-corrected chi connectivity index (χ3v) is 2.81. The van der Waals surface area contributed by atoms with Crippen LogP contribution in [0.25, 0.3) is 0 Å². The topological polar surface area (TPSA) is 32.3 Å². The molecule has 1 aromatic rings. The Morgan fingerprint density at radius 2 is 1.67 bits per heavy atom. The molecular weight excluding hydrogens is 217 g/mol. The van der Waals surface area contributed by atoms with Crippen LogP contribution in [0.1, 0.15) is 18.4 Å². The van der Waals surface area contributed by atoms with Crippen molar-refractivity contribution in [3.8, 4) is 0 Å². The maximum Gasteiger partial charge on any atom is 0.123 e. The smallest absolute Gasteiger partial charge is 0.123 e. The fraction of sp³-hybridized carbons (Fsp3) is 0.455. The monoisotopic (exact) mass is 231 g/mol. The van der Waals surface area contributed by atoms with Gasteiger partial charge in [-0.3, -0.25) is 0 Å². The zero-order valence-corrected chi connectivity index (χ0v) is 9.19. The Balaban J connectivity index is 0.00000112. The van der Waals surface area contributed by atoms with E-state index >= 15 is 0 Å². The molecule has 1 aliphatic heterocycles. The zero-order valence-electron chi connectivity index (χ0n) is 8.37. The lowest BCUT2D eigenvalue weighted by Gasteiger charge is -2.32. The number of aliphatic hydroxyl groups is 1. The molecule has 2 nitrogen and oxygen atoms in total. The van der Waals surface area contributed by atoms with Crippen LogP contribution in [-0.4, -0.2) is 18.2 Å². The van der Waals surface area contributed by atoms with Crippen molar-refractivity contribution in [2.75, 3.05) is 13.1 Å². The van der Waals surface area contributed by atoms with Gasteiger partial charge in [0, 0.05) is 0 Å². The molecule has 0 radical (unpaired) electrons. The van der Waals surface area contributed by atoms with Crippen LogP contribution in [-0.2, 0) is 5.60 Å². The van der Waals surface area contributed by atoms with Crippen molar-refractivity contribution in [3.63, 3.8) is 0 Å². The summed E-state index contributed by atoms with van der Waals surface area (Å²) in [6, 6.07) is 6.13. The predicted molar refractivity (Wildman–Crippen MR) is 59.6 cm³/mol. The van der Waals surface area contributed by atoms with Gasteiger partial charge in [-0.2, -0.15) is 0 Å². The van der Waals surface area contributed by atoms with Crippen molar-refractivity contribution >= 4 is 12.4 Å². The summed E-state index contributed by atoms with van der Waals surface area (Å²) in [5, 5.41) is 13.5. The Morgan fingerprint density at radius 1 is 1.13 bits per heavy atom. The van der Waals surface area contributed by atoms with E-state index in [1.54, 1.807) is 12.1 Å². The molecule has 0 atom stereocenters. The summed E-state index contributed by atoms with van der Waals surface area (Å²) >= 11 is 0. The van der Waals surface area contributed by atoms with Crippen LogP contribution in [0.3, 0.4) is 0 Å². The Morgan fingerprint density at radius 3 is 2.20 bits per heavy atom. The van der Waals surface area contributed by atoms with E-state index in [4.69, 9.17) is 0 Å². The molecule has 0 spiro atoms. The minimum Gasteiger partial charge on any atom is -0.385 e. The van der Waals surface area contributed by atoms with Gasteiger partial charge in [0.1, 0.15) is 5.82 Å². The molecule has 2 rings (SSSR count). The van der Waals surface area contributed by atoms with E-state index in [0.29, 0.717) is 12.8 Å². The summed E-state index contributed by atoms with van der Waals surface area (Å²) in [6.45, 7) is 1.63. The van der Waals surface area contributed by atoms with Gasteiger partial charge in [-0.25, -0.2) is 4.39 Å². The van der Waals surface area contributed by atoms with Crippen LogP contribution in [0.4, 0.5) is 4.39 Å². The van der Waals surface area contributed by atoms with Crippen LogP contribution < -0.4 is 5.32 Å². The third-order valence-electron chi connectivity index (χ3n) is 2.81. The Kier molecular flexibility index (Phi) is 4.08. The minimum atomic E-state index is -0.765. The number of piperidine rings is 1. The van der Waals surface area contributed by atoms with Crippen molar-refractivity contribution in [1.29, 1.82) is 0 Å². The quantitative estimate of drug-likeness (QED) is 0.773. The van der Waals surface area contributed by atoms with E-state index in [1.165, 1.54) is 12.1 Å². The highest BCUT2D eigenvalue weighted by molar-refractivity contribution is 5.85. The third kappa shape index (κ3) is 2.68. The largest absolute Gasteiger partial charge is 0.385 e. The second-order valence-electron chi connectivity index (χ2n) is 3.79. The predicted octanol–water partition coefficient (Wildman–Crippen LogP) is 1.82. The van der Waals surface area contributed by atoms with Gasteiger partial charge in [0.15, 0.2) is 0 Å². The van der Waals surface area contributed by atoms with Gasteiger partial charge in [0.05, 0.1) is 5.60 Å². The van der Waals surface area contributed by atoms with Gasteiger partial charge in [-0.1, -0.05) is 12.1 Å². The molecule has 1 saturated heterocycles. The van der Waals surface area contributed by atoms with Crippen LogP contribution >= 0.6 is 12.4 Å². The van der Waals surface area contributed by atoms with Gasteiger partial charge < -0.3 is 10.4 Å². The Labute approximate surface area is 94.9 Å². The molecule has 84 valence electrons. The van der Waals surface area contributed by atoms with E-state index in [9.17, 15) is 9.50 Å². The van der Waals surface area contributed by atoms with Gasteiger partial charge in [-0.05, 0) is 43.6 Å². The number of rotatable bonds is 1. The van der Waals surface area contributed by atoms with Crippen molar-refractivity contribution in [2.45, 2.75) is 18.4 Å². The lowest BCUT2D eigenvalue weighted by Crippen LogP contribution is -2.39. The first-order chi connectivity index (χ1) is 6.71. The molecule has 1 aliphatic rings. The van der Waals surface area contributed by atoms with E-state index in [1.807, 2.05) is 0 Å². The maximum absolute atomic E-state index is 12.7. The SMILES string of the molecule is Cl.OC1(c2ccc(F)cc2)CCNCC1. The molecule has 1 aromatic carbocycles. The van der Waals surface area contributed by atoms with E-state index < -0.39 is 5.60 Å². The fourth-order valence-corrected chi connectivity index (χ4v) is 1.89. The normalized spacial score (nSPS) is 19.3. The molecule has 1 fully saturated rings. The number of hydrogen-bond donors (Lipinski definition) is 2. The van der Waals surface area contributed by atoms with Crippen LogP contribution in [0.15, 0.2) is 24.3 Å². The molecule has 0 unspecified atom stereocenters. The highest BCUT2D eigenvalue weighted by Crippen LogP contribution is 2.30. The molecule has 4 heteroatoms. The molecule has 2 N–H and O–H groups in total. The lowest BCUT2D eigenvalue weighted by atomic mass is 9.85. The molecule has 0 amide bonds. The maximum atomic E-state index is 12.7. The second kappa shape index (κ2) is 4.92. The average molecular weight is 232 g/mol. The standard InChI is InChI=1S/C11H14FNO.ClH/c12-10-3-1-9(2-4-10)11(14)5-7-13-8-6-11;/h1-4,13-14H,5-8H2;1H. The van der Waals surface area contributed by atoms with E-state index in [2.05, 4.69) is 5.32 Å². The van der Waals surface area contributed by atoms with E-state index in [0.717, 1.165) is 18.7 Å². The highest BCUT2D eigenvalue weighted by atomic mass is 35.5. The summed E-state index contributed by atoms with van der Waals surface area (Å²) in [4.78, 5) is 0. The molecule has 0 aromatic heterocycles. The Hall–Kier alpha value is -0.640. The van der Waals surface area contributed by atoms with Crippen LogP contribution in [0.2, 0.25) is 0 Å². The van der Waals surface area contributed by atoms with Gasteiger partial charge in [0.2, 0.25) is 0 Å². The Bertz CT molecular complexity index is 309. The number of hydrogen-bond acceptors (Lipinski definition) is 2. The van der Waals surface area contributed by atoms with Gasteiger partial charge in [-0.15, -0.1) is 12.4 Å². The van der Waals surface area contributed by atoms with Crippen molar-refractivity contribution in [3.05, 3.63) is 35.6 Å². The summed E-state index contributed by atoms with van der Waals surface area (Å²) in [5.74, 6) is -0.258. The number of nitrogens with one attached hydrogen (secondary N) is 1. The van der Waals surface area contributed by atoms with Crippen LogP contribution in [0, 0.1) is 5.82 Å². The first-order valence-electron chi connectivity index (χ1n) is 4.90. The number of benzene rings is 1. The molecule has 1 heterocycles. The summed E-state index contributed by atoms with van der Waals surface area (Å²) in [5.41, 5.74) is 0.0549. The first kappa shape index (κ1) is 12.4. The zero-order chi connectivity index (χ0) is 10.0. The molecule has 15 heavy (non-hydrogen) atoms. The minimum absolute atomic E-state index is 0. The number of halogens is 2. The van der Waals surface area contributed by atoms with Crippen molar-refractivity contribution in [1.82, 2.24) is 5.32 Å². The lowest BCUT2D eigenvalue weighted by molar-refractivity contribution is 0.00589.